The van der Waals surface area contributed by atoms with Crippen LogP contribution in [0.1, 0.15) is 0 Å². The van der Waals surface area contributed by atoms with Gasteiger partial charge in [-0.2, -0.15) is 0 Å². The SMILES string of the molecule is C1=CC(=Nc2ccc[nH]2)N=C1. The zero-order chi connectivity index (χ0) is 7.52. The van der Waals surface area contributed by atoms with Gasteiger partial charge in [0.15, 0.2) is 5.84 Å². The molecule has 0 aromatic carbocycles. The lowest BCUT2D eigenvalue weighted by Gasteiger charge is -1.86. The van der Waals surface area contributed by atoms with Crippen LogP contribution < -0.4 is 0 Å². The number of amidine groups is 1. The molecule has 0 atom stereocenters. The number of allylic oxidation sites excluding steroid dienone is 1. The lowest BCUT2D eigenvalue weighted by Crippen LogP contribution is -1.80. The normalized spacial score (nSPS) is 18.4. The molecule has 0 aliphatic carbocycles. The van der Waals surface area contributed by atoms with Crippen molar-refractivity contribution >= 4 is 17.9 Å². The topological polar surface area (TPSA) is 40.5 Å². The number of aromatic amines is 1. The summed E-state index contributed by atoms with van der Waals surface area (Å²) in [6, 6.07) is 3.80. The van der Waals surface area contributed by atoms with Gasteiger partial charge in [0.25, 0.3) is 0 Å². The quantitative estimate of drug-likeness (QED) is 0.624. The van der Waals surface area contributed by atoms with Gasteiger partial charge in [0.05, 0.1) is 0 Å². The summed E-state index contributed by atoms with van der Waals surface area (Å²) in [5, 5.41) is 0. The third kappa shape index (κ3) is 1.26. The first kappa shape index (κ1) is 6.09. The maximum Gasteiger partial charge on any atom is 0.154 e. The minimum absolute atomic E-state index is 0.743. The highest BCUT2D eigenvalue weighted by Gasteiger charge is 1.94. The summed E-state index contributed by atoms with van der Waals surface area (Å²) in [4.78, 5) is 11.2. The van der Waals surface area contributed by atoms with Crippen LogP contribution >= 0.6 is 0 Å². The first-order valence-corrected chi connectivity index (χ1v) is 3.38. The molecular formula is C8H7N3. The molecule has 3 nitrogen and oxygen atoms in total. The fourth-order valence-electron chi connectivity index (χ4n) is 0.871. The van der Waals surface area contributed by atoms with Crippen LogP contribution in [0, 0.1) is 0 Å². The monoisotopic (exact) mass is 145 g/mol. The highest BCUT2D eigenvalue weighted by molar-refractivity contribution is 6.07. The Bertz CT molecular complexity index is 303. The van der Waals surface area contributed by atoms with Crippen LogP contribution in [-0.4, -0.2) is 17.0 Å². The van der Waals surface area contributed by atoms with Gasteiger partial charge in [-0.05, 0) is 24.3 Å². The average molecular weight is 145 g/mol. The predicted octanol–water partition coefficient (Wildman–Crippen LogP) is 1.69. The summed E-state index contributed by atoms with van der Waals surface area (Å²) < 4.78 is 0. The predicted molar refractivity (Wildman–Crippen MR) is 45.5 cm³/mol. The summed E-state index contributed by atoms with van der Waals surface area (Å²) in [6.07, 6.45) is 7.28. The number of nitrogens with one attached hydrogen (secondary N) is 1. The van der Waals surface area contributed by atoms with Crippen LogP contribution in [0.15, 0.2) is 40.5 Å². The molecule has 1 aliphatic rings. The van der Waals surface area contributed by atoms with Gasteiger partial charge in [0, 0.05) is 12.4 Å². The average Bonchev–Trinajstić information content (AvgIpc) is 2.60. The first-order chi connectivity index (χ1) is 5.45. The first-order valence-electron chi connectivity index (χ1n) is 3.38. The minimum Gasteiger partial charge on any atom is -0.347 e. The van der Waals surface area contributed by atoms with E-state index in [1.807, 2.05) is 30.5 Å². The Morgan fingerprint density at radius 3 is 3.09 bits per heavy atom. The molecule has 3 heteroatoms. The molecule has 2 rings (SSSR count). The van der Waals surface area contributed by atoms with E-state index < -0.39 is 0 Å². The Hall–Kier alpha value is -1.64. The van der Waals surface area contributed by atoms with Crippen LogP contribution in [-0.2, 0) is 0 Å². The molecule has 0 spiro atoms. The molecule has 1 aliphatic heterocycles. The van der Waals surface area contributed by atoms with Crippen LogP contribution in [0.25, 0.3) is 0 Å². The fraction of sp³-hybridized carbons (Fsp3) is 0. The van der Waals surface area contributed by atoms with E-state index in [0.717, 1.165) is 11.7 Å². The molecular weight excluding hydrogens is 138 g/mol. The summed E-state index contributed by atoms with van der Waals surface area (Å²) in [7, 11) is 0. The van der Waals surface area contributed by atoms with Crippen LogP contribution in [0.5, 0.6) is 0 Å². The van der Waals surface area contributed by atoms with E-state index in [1.54, 1.807) is 6.21 Å². The lowest BCUT2D eigenvalue weighted by molar-refractivity contribution is 1.33. The van der Waals surface area contributed by atoms with Gasteiger partial charge in [0.1, 0.15) is 5.82 Å². The Kier molecular flexibility index (Phi) is 1.41. The van der Waals surface area contributed by atoms with Gasteiger partial charge >= 0.3 is 0 Å². The molecule has 0 amide bonds. The van der Waals surface area contributed by atoms with Crippen molar-refractivity contribution in [2.75, 3.05) is 0 Å². The maximum atomic E-state index is 4.19. The van der Waals surface area contributed by atoms with Gasteiger partial charge in [-0.1, -0.05) is 0 Å². The number of H-pyrrole nitrogens is 1. The molecule has 0 saturated carbocycles. The molecule has 1 aromatic heterocycles. The highest BCUT2D eigenvalue weighted by atomic mass is 15.0. The number of aliphatic imine (C=N–C) groups is 2. The van der Waals surface area contributed by atoms with Crippen molar-refractivity contribution in [2.45, 2.75) is 0 Å². The van der Waals surface area contributed by atoms with Gasteiger partial charge < -0.3 is 4.98 Å². The molecule has 54 valence electrons. The summed E-state index contributed by atoms with van der Waals surface area (Å²) in [5.74, 6) is 1.58. The van der Waals surface area contributed by atoms with E-state index in [-0.39, 0.29) is 0 Å². The minimum atomic E-state index is 0.743. The molecule has 1 aromatic rings. The molecule has 0 radical (unpaired) electrons. The second kappa shape index (κ2) is 2.54. The van der Waals surface area contributed by atoms with Crippen LogP contribution in [0.2, 0.25) is 0 Å². The van der Waals surface area contributed by atoms with E-state index in [9.17, 15) is 0 Å². The van der Waals surface area contributed by atoms with Gasteiger partial charge in [-0.3, -0.25) is 0 Å². The van der Waals surface area contributed by atoms with E-state index in [0.29, 0.717) is 0 Å². The van der Waals surface area contributed by atoms with E-state index >= 15 is 0 Å². The zero-order valence-corrected chi connectivity index (χ0v) is 5.86. The van der Waals surface area contributed by atoms with Crippen molar-refractivity contribution in [1.29, 1.82) is 0 Å². The Balaban J connectivity index is 2.28. The fourth-order valence-corrected chi connectivity index (χ4v) is 0.871. The van der Waals surface area contributed by atoms with Crippen molar-refractivity contribution < 1.29 is 0 Å². The van der Waals surface area contributed by atoms with Gasteiger partial charge in [-0.25, -0.2) is 9.98 Å². The largest absolute Gasteiger partial charge is 0.347 e. The number of hydrogen-bond acceptors (Lipinski definition) is 1. The lowest BCUT2D eigenvalue weighted by atomic mass is 10.5. The van der Waals surface area contributed by atoms with Gasteiger partial charge in [0.2, 0.25) is 0 Å². The Morgan fingerprint density at radius 2 is 2.45 bits per heavy atom. The van der Waals surface area contributed by atoms with Crippen molar-refractivity contribution in [2.24, 2.45) is 9.98 Å². The highest BCUT2D eigenvalue weighted by Crippen LogP contribution is 2.08. The molecule has 11 heavy (non-hydrogen) atoms. The maximum absolute atomic E-state index is 4.19. The van der Waals surface area contributed by atoms with E-state index in [1.165, 1.54) is 0 Å². The molecule has 1 N–H and O–H groups in total. The number of aromatic nitrogens is 1. The van der Waals surface area contributed by atoms with E-state index in [2.05, 4.69) is 15.0 Å². The molecule has 0 saturated heterocycles. The molecule has 0 fully saturated rings. The molecule has 0 bridgehead atoms. The van der Waals surface area contributed by atoms with Gasteiger partial charge in [-0.15, -0.1) is 0 Å². The Morgan fingerprint density at radius 1 is 1.45 bits per heavy atom. The number of nitrogens with zero attached hydrogens (tertiary/aromatic N) is 2. The van der Waals surface area contributed by atoms with Crippen molar-refractivity contribution in [3.8, 4) is 0 Å². The summed E-state index contributed by atoms with van der Waals surface area (Å²) in [6.45, 7) is 0. The third-order valence-electron chi connectivity index (χ3n) is 1.35. The second-order valence-electron chi connectivity index (χ2n) is 2.16. The summed E-state index contributed by atoms with van der Waals surface area (Å²) >= 11 is 0. The smallest absolute Gasteiger partial charge is 0.154 e. The molecule has 2 heterocycles. The number of hydrogen-bond donors (Lipinski definition) is 1. The van der Waals surface area contributed by atoms with Crippen molar-refractivity contribution in [3.05, 3.63) is 30.5 Å². The van der Waals surface area contributed by atoms with Crippen molar-refractivity contribution in [1.82, 2.24) is 4.98 Å². The van der Waals surface area contributed by atoms with E-state index in [4.69, 9.17) is 0 Å². The van der Waals surface area contributed by atoms with Crippen LogP contribution in [0.4, 0.5) is 5.82 Å². The third-order valence-corrected chi connectivity index (χ3v) is 1.35. The molecule has 0 unspecified atom stereocenters. The van der Waals surface area contributed by atoms with Crippen molar-refractivity contribution in [3.63, 3.8) is 0 Å². The zero-order valence-electron chi connectivity index (χ0n) is 5.86. The van der Waals surface area contributed by atoms with Crippen LogP contribution in [0.3, 0.4) is 0 Å². The Labute approximate surface area is 64.2 Å². The number of rotatable bonds is 1. The second-order valence-corrected chi connectivity index (χ2v) is 2.16. The summed E-state index contributed by atoms with van der Waals surface area (Å²) in [5.41, 5.74) is 0. The standard InChI is InChI=1S/C8H7N3/c1-3-7(9-5-1)11-8-4-2-6-10-8/h1-6,9H.